The molecule has 0 aromatic carbocycles. The number of amides is 2. The predicted molar refractivity (Wildman–Crippen MR) is 131 cm³/mol. The molecule has 3 aliphatic rings. The number of hydrogen-bond acceptors (Lipinski definition) is 6. The van der Waals surface area contributed by atoms with Gasteiger partial charge in [0.05, 0.1) is 37.2 Å². The SMILES string of the molecule is C=CCN(C(=O)C1N([C@@H](CO)[C@@H](C)CC)C(=O)[C@@H]2[C@@H](C(=O)OCC)[C@@H]3OC12CC3Br)C(C)(C)C. The van der Waals surface area contributed by atoms with E-state index in [2.05, 4.69) is 22.5 Å². The minimum atomic E-state index is -1.17. The van der Waals surface area contributed by atoms with Crippen LogP contribution in [0.4, 0.5) is 0 Å². The molecular formula is C25H39BrN2O6. The molecule has 2 amide bonds. The van der Waals surface area contributed by atoms with E-state index in [1.807, 2.05) is 34.6 Å². The summed E-state index contributed by atoms with van der Waals surface area (Å²) in [6.07, 6.45) is 2.25. The van der Waals surface area contributed by atoms with Crippen LogP contribution in [0.5, 0.6) is 0 Å². The molecule has 2 bridgehead atoms. The van der Waals surface area contributed by atoms with Crippen molar-refractivity contribution in [3.05, 3.63) is 12.7 Å². The molecule has 3 saturated heterocycles. The summed E-state index contributed by atoms with van der Waals surface area (Å²) < 4.78 is 11.8. The van der Waals surface area contributed by atoms with Gasteiger partial charge in [-0.25, -0.2) is 0 Å². The summed E-state index contributed by atoms with van der Waals surface area (Å²) in [5.41, 5.74) is -1.71. The molecule has 34 heavy (non-hydrogen) atoms. The van der Waals surface area contributed by atoms with E-state index in [1.165, 1.54) is 4.90 Å². The number of hydrogen-bond donors (Lipinski definition) is 1. The molecule has 0 aliphatic carbocycles. The van der Waals surface area contributed by atoms with Crippen LogP contribution in [0.3, 0.4) is 0 Å². The maximum absolute atomic E-state index is 14.3. The van der Waals surface area contributed by atoms with Crippen molar-refractivity contribution in [2.24, 2.45) is 17.8 Å². The summed E-state index contributed by atoms with van der Waals surface area (Å²) >= 11 is 3.65. The lowest BCUT2D eigenvalue weighted by Gasteiger charge is -2.44. The number of halogens is 1. The van der Waals surface area contributed by atoms with E-state index in [1.54, 1.807) is 17.9 Å². The van der Waals surface area contributed by atoms with Gasteiger partial charge in [0.25, 0.3) is 0 Å². The van der Waals surface area contributed by atoms with Crippen LogP contribution in [0.1, 0.15) is 54.4 Å². The number of esters is 1. The van der Waals surface area contributed by atoms with Crippen molar-refractivity contribution >= 4 is 33.7 Å². The second-order valence-corrected chi connectivity index (χ2v) is 11.9. The minimum absolute atomic E-state index is 0.0556. The number of aliphatic hydroxyl groups is 1. The molecule has 192 valence electrons. The average molecular weight is 543 g/mol. The van der Waals surface area contributed by atoms with Crippen LogP contribution >= 0.6 is 15.9 Å². The normalized spacial score (nSPS) is 34.1. The number of aliphatic hydroxyl groups excluding tert-OH is 1. The van der Waals surface area contributed by atoms with Gasteiger partial charge in [-0.3, -0.25) is 14.4 Å². The molecule has 1 N–H and O–H groups in total. The third-order valence-corrected chi connectivity index (χ3v) is 8.60. The fourth-order valence-electron chi connectivity index (χ4n) is 6.00. The van der Waals surface area contributed by atoms with Gasteiger partial charge in [-0.1, -0.05) is 42.3 Å². The monoisotopic (exact) mass is 542 g/mol. The maximum Gasteiger partial charge on any atom is 0.312 e. The van der Waals surface area contributed by atoms with E-state index < -0.39 is 47.1 Å². The molecule has 0 radical (unpaired) electrons. The highest BCUT2D eigenvalue weighted by molar-refractivity contribution is 9.09. The van der Waals surface area contributed by atoms with Gasteiger partial charge >= 0.3 is 5.97 Å². The van der Waals surface area contributed by atoms with E-state index in [9.17, 15) is 19.5 Å². The Morgan fingerprint density at radius 2 is 2.06 bits per heavy atom. The van der Waals surface area contributed by atoms with Crippen molar-refractivity contribution in [1.82, 2.24) is 9.80 Å². The van der Waals surface area contributed by atoms with Gasteiger partial charge in [0.15, 0.2) is 0 Å². The number of carbonyl (C=O) groups excluding carboxylic acids is 3. The van der Waals surface area contributed by atoms with Crippen molar-refractivity contribution in [3.8, 4) is 0 Å². The third kappa shape index (κ3) is 4.11. The van der Waals surface area contributed by atoms with Crippen molar-refractivity contribution < 1.29 is 29.0 Å². The predicted octanol–water partition coefficient (Wildman–Crippen LogP) is 2.52. The van der Waals surface area contributed by atoms with Gasteiger partial charge in [-0.05, 0) is 40.0 Å². The zero-order valence-electron chi connectivity index (χ0n) is 21.1. The summed E-state index contributed by atoms with van der Waals surface area (Å²) in [7, 11) is 0. The van der Waals surface area contributed by atoms with Crippen LogP contribution in [0, 0.1) is 17.8 Å². The first-order valence-corrected chi connectivity index (χ1v) is 13.2. The lowest BCUT2D eigenvalue weighted by molar-refractivity contribution is -0.158. The van der Waals surface area contributed by atoms with Gasteiger partial charge in [0.2, 0.25) is 11.8 Å². The number of alkyl halides is 1. The van der Waals surface area contributed by atoms with Crippen molar-refractivity contribution in [1.29, 1.82) is 0 Å². The van der Waals surface area contributed by atoms with E-state index in [0.29, 0.717) is 13.0 Å². The Morgan fingerprint density at radius 3 is 2.56 bits per heavy atom. The molecule has 0 aromatic heterocycles. The molecule has 3 heterocycles. The number of ether oxygens (including phenoxy) is 2. The lowest BCUT2D eigenvalue weighted by Crippen LogP contribution is -2.62. The molecule has 8 nitrogen and oxygen atoms in total. The van der Waals surface area contributed by atoms with Crippen molar-refractivity contribution in [2.45, 2.75) is 88.5 Å². The number of carbonyl (C=O) groups is 3. The maximum atomic E-state index is 14.3. The standard InChI is InChI=1S/C25H39BrN2O6/c1-8-11-27(24(5,6)7)22(31)20-25-12-15(26)19(34-25)17(23(32)33-10-3)18(25)21(30)28(20)16(13-29)14(4)9-2/h8,14-20,29H,1,9-13H2,2-7H3/t14-,15?,16-,17+,18-,19+,20?,25?/m0/s1. The Kier molecular flexibility index (Phi) is 7.90. The summed E-state index contributed by atoms with van der Waals surface area (Å²) in [6.45, 7) is 15.5. The first-order valence-electron chi connectivity index (χ1n) is 12.2. The van der Waals surface area contributed by atoms with Gasteiger partial charge in [0.1, 0.15) is 11.6 Å². The zero-order valence-corrected chi connectivity index (χ0v) is 22.7. The van der Waals surface area contributed by atoms with Crippen molar-refractivity contribution in [2.75, 3.05) is 19.8 Å². The van der Waals surface area contributed by atoms with E-state index in [-0.39, 0.29) is 35.8 Å². The summed E-state index contributed by atoms with van der Waals surface area (Å²) in [5.74, 6) is -2.74. The fraction of sp³-hybridized carbons (Fsp3) is 0.800. The highest BCUT2D eigenvalue weighted by Gasteiger charge is 2.77. The Labute approximate surface area is 211 Å². The van der Waals surface area contributed by atoms with Crippen LogP contribution < -0.4 is 0 Å². The van der Waals surface area contributed by atoms with Gasteiger partial charge in [-0.15, -0.1) is 6.58 Å². The van der Waals surface area contributed by atoms with Gasteiger partial charge in [-0.2, -0.15) is 0 Å². The second-order valence-electron chi connectivity index (χ2n) is 10.7. The Balaban J connectivity index is 2.18. The number of fused-ring (bicyclic) bond motifs is 1. The summed E-state index contributed by atoms with van der Waals surface area (Å²) in [6, 6.07) is -1.53. The number of nitrogens with zero attached hydrogens (tertiary/aromatic N) is 2. The van der Waals surface area contributed by atoms with E-state index in [4.69, 9.17) is 9.47 Å². The Hall–Kier alpha value is -1.45. The fourth-order valence-corrected chi connectivity index (χ4v) is 6.94. The molecule has 0 aromatic rings. The second kappa shape index (κ2) is 9.90. The topological polar surface area (TPSA) is 96.4 Å². The third-order valence-electron chi connectivity index (χ3n) is 7.75. The molecular weight excluding hydrogens is 504 g/mol. The molecule has 1 spiro atoms. The molecule has 0 saturated carbocycles. The van der Waals surface area contributed by atoms with Crippen LogP contribution in [0.2, 0.25) is 0 Å². The Morgan fingerprint density at radius 1 is 1.41 bits per heavy atom. The van der Waals surface area contributed by atoms with Gasteiger partial charge < -0.3 is 24.4 Å². The molecule has 3 fully saturated rings. The van der Waals surface area contributed by atoms with Crippen LogP contribution in [-0.4, -0.2) is 86.6 Å². The molecule has 3 unspecified atom stereocenters. The van der Waals surface area contributed by atoms with Crippen LogP contribution in [0.25, 0.3) is 0 Å². The summed E-state index contributed by atoms with van der Waals surface area (Å²) in [5, 5.41) is 10.4. The zero-order chi connectivity index (χ0) is 25.6. The number of likely N-dealkylation sites (tertiary alicyclic amines) is 1. The van der Waals surface area contributed by atoms with Crippen LogP contribution in [-0.2, 0) is 23.9 Å². The molecule has 9 heteroatoms. The largest absolute Gasteiger partial charge is 0.466 e. The van der Waals surface area contributed by atoms with Crippen LogP contribution in [0.15, 0.2) is 12.7 Å². The minimum Gasteiger partial charge on any atom is -0.466 e. The molecule has 3 rings (SSSR count). The smallest absolute Gasteiger partial charge is 0.312 e. The quantitative estimate of drug-likeness (QED) is 0.273. The summed E-state index contributed by atoms with van der Waals surface area (Å²) in [4.78, 5) is 44.4. The Bertz CT molecular complexity index is 829. The highest BCUT2D eigenvalue weighted by atomic mass is 79.9. The molecule has 3 aliphatic heterocycles. The number of rotatable bonds is 9. The van der Waals surface area contributed by atoms with E-state index in [0.717, 1.165) is 6.42 Å². The molecule has 8 atom stereocenters. The van der Waals surface area contributed by atoms with Crippen molar-refractivity contribution in [3.63, 3.8) is 0 Å². The van der Waals surface area contributed by atoms with Gasteiger partial charge in [0, 0.05) is 16.9 Å². The van der Waals surface area contributed by atoms with E-state index >= 15 is 0 Å². The highest BCUT2D eigenvalue weighted by Crippen LogP contribution is 2.61. The lowest BCUT2D eigenvalue weighted by atomic mass is 9.70. The average Bonchev–Trinajstić information content (AvgIpc) is 3.35. The first-order chi connectivity index (χ1) is 15.9. The first kappa shape index (κ1) is 27.1.